The van der Waals surface area contributed by atoms with Crippen molar-refractivity contribution in [1.82, 2.24) is 5.32 Å². The summed E-state index contributed by atoms with van der Waals surface area (Å²) in [5, 5.41) is 22.6. The van der Waals surface area contributed by atoms with Gasteiger partial charge >= 0.3 is 5.97 Å². The first-order valence-corrected chi connectivity index (χ1v) is 7.85. The number of allylic oxidation sites excluding steroid dienone is 2. The first kappa shape index (κ1) is 19.7. The number of hydrogen-bond acceptors (Lipinski definition) is 5. The van der Waals surface area contributed by atoms with Crippen molar-refractivity contribution < 1.29 is 28.2 Å². The van der Waals surface area contributed by atoms with E-state index in [0.717, 1.165) is 13.2 Å². The van der Waals surface area contributed by atoms with Crippen molar-refractivity contribution in [3.8, 4) is 11.8 Å². The smallest absolute Gasteiger partial charge is 0.312 e. The predicted molar refractivity (Wildman–Crippen MR) is 88.5 cm³/mol. The van der Waals surface area contributed by atoms with E-state index in [0.29, 0.717) is 5.70 Å². The average Bonchev–Trinajstić information content (AvgIpc) is 2.60. The second-order valence-electron chi connectivity index (χ2n) is 6.31. The first-order valence-electron chi connectivity index (χ1n) is 7.85. The molecule has 2 rings (SSSR count). The lowest BCUT2D eigenvalue weighted by molar-refractivity contribution is -0.152. The molecule has 6 nitrogen and oxygen atoms in total. The van der Waals surface area contributed by atoms with Gasteiger partial charge in [0.15, 0.2) is 11.6 Å². The highest BCUT2D eigenvalue weighted by Gasteiger charge is 2.54. The monoisotopic (exact) mass is 366 g/mol. The van der Waals surface area contributed by atoms with E-state index in [2.05, 4.69) is 5.32 Å². The number of carboxylic acids is 1. The summed E-state index contributed by atoms with van der Waals surface area (Å²) < 4.78 is 38.0. The number of aliphatic carboxylic acids is 1. The fraction of sp³-hybridized carbons (Fsp3) is 0.444. The predicted octanol–water partition coefficient (Wildman–Crippen LogP) is 2.56. The Morgan fingerprint density at radius 2 is 2.08 bits per heavy atom. The van der Waals surface area contributed by atoms with Gasteiger partial charge in [0, 0.05) is 24.3 Å². The molecule has 0 fully saturated rings. The van der Waals surface area contributed by atoms with Gasteiger partial charge in [0.05, 0.1) is 36.8 Å². The van der Waals surface area contributed by atoms with Gasteiger partial charge in [-0.3, -0.25) is 4.79 Å². The molecule has 1 aliphatic rings. The van der Waals surface area contributed by atoms with Gasteiger partial charge in [-0.25, -0.2) is 4.39 Å². The van der Waals surface area contributed by atoms with E-state index in [4.69, 9.17) is 9.47 Å². The molecular formula is C18H20F2N2O4. The van der Waals surface area contributed by atoms with Crippen LogP contribution in [0.2, 0.25) is 0 Å². The van der Waals surface area contributed by atoms with Crippen molar-refractivity contribution in [1.29, 1.82) is 5.26 Å². The summed E-state index contributed by atoms with van der Waals surface area (Å²) in [6, 6.07) is 3.45. The third kappa shape index (κ3) is 2.88. The highest BCUT2D eigenvalue weighted by Crippen LogP contribution is 2.50. The van der Waals surface area contributed by atoms with Crippen LogP contribution < -0.4 is 10.1 Å². The summed E-state index contributed by atoms with van der Waals surface area (Å²) >= 11 is 0. The number of nitrogens with one attached hydrogen (secondary N) is 1. The van der Waals surface area contributed by atoms with Crippen molar-refractivity contribution in [2.24, 2.45) is 5.41 Å². The van der Waals surface area contributed by atoms with E-state index >= 15 is 0 Å². The molecule has 0 spiro atoms. The molecule has 1 aromatic carbocycles. The Hall–Kier alpha value is -2.66. The standard InChI is InChI=1S/C18H20F2N2O4/c1-9-11(7-21)14(10-5-6-12(19)15(20)16(10)26-4)18(2,17(23)24)13(22-9)8-25-3/h5-6,13-14,22H,8H2,1-4H3,(H,23,24). The third-order valence-electron chi connectivity index (χ3n) is 4.92. The highest BCUT2D eigenvalue weighted by atomic mass is 19.2. The number of benzene rings is 1. The molecule has 0 saturated heterocycles. The van der Waals surface area contributed by atoms with Crippen molar-refractivity contribution in [3.63, 3.8) is 0 Å². The minimum atomic E-state index is -1.57. The molecule has 8 heteroatoms. The number of halogens is 2. The van der Waals surface area contributed by atoms with Crippen LogP contribution in [0.1, 0.15) is 25.3 Å². The Balaban J connectivity index is 2.84. The number of nitriles is 1. The molecule has 1 aliphatic heterocycles. The van der Waals surface area contributed by atoms with E-state index in [1.807, 2.05) is 6.07 Å². The van der Waals surface area contributed by atoms with Crippen LogP contribution >= 0.6 is 0 Å². The van der Waals surface area contributed by atoms with E-state index in [9.17, 15) is 23.9 Å². The summed E-state index contributed by atoms with van der Waals surface area (Å²) in [6.45, 7) is 3.12. The van der Waals surface area contributed by atoms with E-state index < -0.39 is 40.7 Å². The van der Waals surface area contributed by atoms with Crippen LogP contribution in [0.3, 0.4) is 0 Å². The Labute approximate surface area is 150 Å². The Morgan fingerprint density at radius 1 is 1.42 bits per heavy atom. The molecule has 140 valence electrons. The third-order valence-corrected chi connectivity index (χ3v) is 4.92. The number of nitrogens with zero attached hydrogens (tertiary/aromatic N) is 1. The van der Waals surface area contributed by atoms with Gasteiger partial charge in [-0.05, 0) is 19.9 Å². The maximum atomic E-state index is 14.3. The van der Waals surface area contributed by atoms with E-state index in [1.54, 1.807) is 6.92 Å². The second-order valence-corrected chi connectivity index (χ2v) is 6.31. The summed E-state index contributed by atoms with van der Waals surface area (Å²) in [5.74, 6) is -5.03. The summed E-state index contributed by atoms with van der Waals surface area (Å²) in [4.78, 5) is 12.2. The number of ether oxygens (including phenoxy) is 2. The lowest BCUT2D eigenvalue weighted by Crippen LogP contribution is -2.57. The second kappa shape index (κ2) is 7.30. The van der Waals surface area contributed by atoms with Crippen LogP contribution in [0.15, 0.2) is 23.4 Å². The molecule has 0 bridgehead atoms. The highest BCUT2D eigenvalue weighted by molar-refractivity contribution is 5.79. The quantitative estimate of drug-likeness (QED) is 0.832. The molecule has 0 aliphatic carbocycles. The van der Waals surface area contributed by atoms with Crippen LogP contribution in [0.5, 0.6) is 5.75 Å². The van der Waals surface area contributed by atoms with E-state index in [-0.39, 0.29) is 17.7 Å². The van der Waals surface area contributed by atoms with Gasteiger partial charge in [0.2, 0.25) is 5.82 Å². The minimum Gasteiger partial charge on any atom is -0.493 e. The Bertz CT molecular complexity index is 803. The van der Waals surface area contributed by atoms with Crippen LogP contribution in [0.4, 0.5) is 8.78 Å². The molecule has 26 heavy (non-hydrogen) atoms. The number of carbonyl (C=O) groups is 1. The lowest BCUT2D eigenvalue weighted by Gasteiger charge is -2.45. The normalized spacial score (nSPS) is 25.4. The molecule has 0 aromatic heterocycles. The zero-order valence-corrected chi connectivity index (χ0v) is 14.9. The topological polar surface area (TPSA) is 91.6 Å². The van der Waals surface area contributed by atoms with Crippen molar-refractivity contribution in [2.75, 3.05) is 20.8 Å². The van der Waals surface area contributed by atoms with Crippen LogP contribution in [0.25, 0.3) is 0 Å². The Morgan fingerprint density at radius 3 is 2.58 bits per heavy atom. The molecule has 0 amide bonds. The minimum absolute atomic E-state index is 0.0430. The van der Waals surface area contributed by atoms with Crippen LogP contribution in [-0.4, -0.2) is 37.9 Å². The number of methoxy groups -OCH3 is 2. The van der Waals surface area contributed by atoms with Gasteiger partial charge in [-0.15, -0.1) is 0 Å². The SMILES string of the molecule is COCC1NC(C)=C(C#N)C(c2ccc(F)c(F)c2OC)C1(C)C(=O)O. The van der Waals surface area contributed by atoms with Crippen molar-refractivity contribution in [3.05, 3.63) is 40.6 Å². The number of carboxylic acid groups (broad SMARTS) is 1. The van der Waals surface area contributed by atoms with Crippen molar-refractivity contribution in [2.45, 2.75) is 25.8 Å². The molecule has 3 atom stereocenters. The summed E-state index contributed by atoms with van der Waals surface area (Å²) in [6.07, 6.45) is 0. The fourth-order valence-electron chi connectivity index (χ4n) is 3.47. The lowest BCUT2D eigenvalue weighted by atomic mass is 9.63. The molecule has 1 aromatic rings. The molecule has 0 saturated carbocycles. The maximum absolute atomic E-state index is 14.3. The van der Waals surface area contributed by atoms with Gasteiger partial charge in [-0.2, -0.15) is 9.65 Å². The van der Waals surface area contributed by atoms with Gasteiger partial charge in [0.25, 0.3) is 0 Å². The largest absolute Gasteiger partial charge is 0.493 e. The van der Waals surface area contributed by atoms with Crippen LogP contribution in [0, 0.1) is 28.4 Å². The zero-order valence-electron chi connectivity index (χ0n) is 14.9. The maximum Gasteiger partial charge on any atom is 0.312 e. The number of hydrogen-bond donors (Lipinski definition) is 2. The van der Waals surface area contributed by atoms with E-state index in [1.165, 1.54) is 20.1 Å². The van der Waals surface area contributed by atoms with Gasteiger partial charge in [-0.1, -0.05) is 6.07 Å². The molecule has 0 radical (unpaired) electrons. The number of rotatable bonds is 5. The molecule has 2 N–H and O–H groups in total. The fourth-order valence-corrected chi connectivity index (χ4v) is 3.47. The Kier molecular flexibility index (Phi) is 5.52. The van der Waals surface area contributed by atoms with Crippen molar-refractivity contribution >= 4 is 5.97 Å². The first-order chi connectivity index (χ1) is 12.2. The summed E-state index contributed by atoms with van der Waals surface area (Å²) in [5.41, 5.74) is -0.913. The zero-order chi connectivity index (χ0) is 19.6. The van der Waals surface area contributed by atoms with Crippen LogP contribution in [-0.2, 0) is 9.53 Å². The molecule has 3 unspecified atom stereocenters. The van der Waals surface area contributed by atoms with Gasteiger partial charge < -0.3 is 19.9 Å². The summed E-state index contributed by atoms with van der Waals surface area (Å²) in [7, 11) is 2.59. The van der Waals surface area contributed by atoms with Gasteiger partial charge in [0.1, 0.15) is 0 Å². The molecular weight excluding hydrogens is 346 g/mol. The molecule has 1 heterocycles. The average molecular weight is 366 g/mol.